The number of aliphatic hydroxyl groups is 1. The van der Waals surface area contributed by atoms with Crippen molar-refractivity contribution in [1.29, 1.82) is 0 Å². The number of hydrogen-bond acceptors (Lipinski definition) is 4. The van der Waals surface area contributed by atoms with Crippen molar-refractivity contribution >= 4 is 5.69 Å². The van der Waals surface area contributed by atoms with Crippen LogP contribution in [0.3, 0.4) is 0 Å². The van der Waals surface area contributed by atoms with Gasteiger partial charge >= 0.3 is 0 Å². The van der Waals surface area contributed by atoms with Crippen LogP contribution in [0.5, 0.6) is 0 Å². The third-order valence-electron chi connectivity index (χ3n) is 4.59. The molecule has 1 aliphatic heterocycles. The van der Waals surface area contributed by atoms with Gasteiger partial charge in [0.2, 0.25) is 0 Å². The number of benzene rings is 1. The molecule has 0 spiro atoms. The van der Waals surface area contributed by atoms with Gasteiger partial charge in [0.15, 0.2) is 0 Å². The van der Waals surface area contributed by atoms with Gasteiger partial charge in [-0.3, -0.25) is 4.68 Å². The summed E-state index contributed by atoms with van der Waals surface area (Å²) in [5.41, 5.74) is 3.73. The number of aromatic nitrogens is 2. The van der Waals surface area contributed by atoms with E-state index in [2.05, 4.69) is 46.5 Å². The molecule has 1 saturated heterocycles. The number of aliphatic hydroxyl groups excluding tert-OH is 1. The second kappa shape index (κ2) is 7.15. The molecule has 5 heteroatoms. The number of rotatable bonds is 5. The predicted octanol–water partition coefficient (Wildman–Crippen LogP) is 2.23. The summed E-state index contributed by atoms with van der Waals surface area (Å²) in [4.78, 5) is 2.35. The number of nitrogens with zero attached hydrogens (tertiary/aromatic N) is 3. The SMILES string of the molecule is CC(NCc1cnn(C)c1)c1ccc(N2CCC(O)CC2)cc1. The Kier molecular flexibility index (Phi) is 4.98. The summed E-state index contributed by atoms with van der Waals surface area (Å²) < 4.78 is 1.83. The zero-order valence-electron chi connectivity index (χ0n) is 13.9. The molecule has 1 atom stereocenters. The summed E-state index contributed by atoms with van der Waals surface area (Å²) in [6, 6.07) is 9.07. The maximum absolute atomic E-state index is 9.60. The van der Waals surface area contributed by atoms with Crippen LogP contribution in [0.25, 0.3) is 0 Å². The zero-order valence-corrected chi connectivity index (χ0v) is 13.9. The van der Waals surface area contributed by atoms with Gasteiger partial charge < -0.3 is 15.3 Å². The largest absolute Gasteiger partial charge is 0.393 e. The van der Waals surface area contributed by atoms with Crippen LogP contribution in [0.15, 0.2) is 36.7 Å². The molecule has 2 N–H and O–H groups in total. The molecule has 1 aliphatic rings. The molecule has 1 fully saturated rings. The number of hydrogen-bond donors (Lipinski definition) is 2. The lowest BCUT2D eigenvalue weighted by atomic mass is 10.0. The van der Waals surface area contributed by atoms with Crippen molar-refractivity contribution in [3.63, 3.8) is 0 Å². The van der Waals surface area contributed by atoms with Crippen LogP contribution in [0, 0.1) is 0 Å². The Morgan fingerprint density at radius 2 is 1.96 bits per heavy atom. The fourth-order valence-electron chi connectivity index (χ4n) is 3.05. The first-order valence-corrected chi connectivity index (χ1v) is 8.35. The van der Waals surface area contributed by atoms with E-state index >= 15 is 0 Å². The highest BCUT2D eigenvalue weighted by molar-refractivity contribution is 5.48. The molecule has 2 aromatic rings. The highest BCUT2D eigenvalue weighted by atomic mass is 16.3. The summed E-state index contributed by atoms with van der Waals surface area (Å²) >= 11 is 0. The first-order valence-electron chi connectivity index (χ1n) is 8.35. The molecule has 2 heterocycles. The average Bonchev–Trinajstić information content (AvgIpc) is 2.99. The standard InChI is InChI=1S/C18H26N4O/c1-14(19-11-15-12-20-21(2)13-15)16-3-5-17(6-4-16)22-9-7-18(23)8-10-22/h3-6,12-14,18-19,23H,7-11H2,1-2H3. The van der Waals surface area contributed by atoms with E-state index in [9.17, 15) is 5.11 Å². The van der Waals surface area contributed by atoms with Crippen molar-refractivity contribution in [2.75, 3.05) is 18.0 Å². The molecule has 3 rings (SSSR count). The van der Waals surface area contributed by atoms with Crippen LogP contribution in [-0.4, -0.2) is 34.1 Å². The number of anilines is 1. The fourth-order valence-corrected chi connectivity index (χ4v) is 3.05. The van der Waals surface area contributed by atoms with E-state index in [1.807, 2.05) is 24.1 Å². The summed E-state index contributed by atoms with van der Waals surface area (Å²) in [6.45, 7) is 4.88. The van der Waals surface area contributed by atoms with Crippen LogP contribution in [0.4, 0.5) is 5.69 Å². The first kappa shape index (κ1) is 16.0. The monoisotopic (exact) mass is 314 g/mol. The third kappa shape index (κ3) is 4.12. The Morgan fingerprint density at radius 1 is 1.26 bits per heavy atom. The maximum atomic E-state index is 9.60. The summed E-state index contributed by atoms with van der Waals surface area (Å²) in [5.74, 6) is 0. The zero-order chi connectivity index (χ0) is 16.2. The van der Waals surface area contributed by atoms with E-state index < -0.39 is 0 Å². The van der Waals surface area contributed by atoms with Crippen molar-refractivity contribution in [3.05, 3.63) is 47.8 Å². The molecule has 1 aromatic carbocycles. The van der Waals surface area contributed by atoms with Gasteiger partial charge in [-0.25, -0.2) is 0 Å². The maximum Gasteiger partial charge on any atom is 0.0574 e. The molecule has 0 bridgehead atoms. The average molecular weight is 314 g/mol. The number of piperidine rings is 1. The normalized spacial score (nSPS) is 17.4. The van der Waals surface area contributed by atoms with E-state index in [1.165, 1.54) is 16.8 Å². The van der Waals surface area contributed by atoms with E-state index in [0.29, 0.717) is 6.04 Å². The second-order valence-corrected chi connectivity index (χ2v) is 6.43. The quantitative estimate of drug-likeness (QED) is 0.889. The molecule has 1 unspecified atom stereocenters. The third-order valence-corrected chi connectivity index (χ3v) is 4.59. The van der Waals surface area contributed by atoms with Crippen LogP contribution in [0.2, 0.25) is 0 Å². The topological polar surface area (TPSA) is 53.3 Å². The Labute approximate surface area is 137 Å². The van der Waals surface area contributed by atoms with Gasteiger partial charge in [0, 0.05) is 50.2 Å². The van der Waals surface area contributed by atoms with E-state index in [0.717, 1.165) is 32.5 Å². The van der Waals surface area contributed by atoms with Crippen LogP contribution in [0.1, 0.15) is 36.9 Å². The van der Waals surface area contributed by atoms with Gasteiger partial charge in [-0.05, 0) is 37.5 Å². The van der Waals surface area contributed by atoms with Crippen molar-refractivity contribution in [3.8, 4) is 0 Å². The minimum atomic E-state index is -0.123. The molecule has 23 heavy (non-hydrogen) atoms. The summed E-state index contributed by atoms with van der Waals surface area (Å²) in [7, 11) is 1.94. The minimum absolute atomic E-state index is 0.123. The van der Waals surface area contributed by atoms with Crippen molar-refractivity contribution < 1.29 is 5.11 Å². The van der Waals surface area contributed by atoms with Crippen LogP contribution >= 0.6 is 0 Å². The molecule has 0 amide bonds. The lowest BCUT2D eigenvalue weighted by Crippen LogP contribution is -2.35. The Morgan fingerprint density at radius 3 is 2.57 bits per heavy atom. The molecule has 1 aromatic heterocycles. The highest BCUT2D eigenvalue weighted by Gasteiger charge is 2.17. The van der Waals surface area contributed by atoms with Crippen molar-refractivity contribution in [2.24, 2.45) is 7.05 Å². The number of aryl methyl sites for hydroxylation is 1. The van der Waals surface area contributed by atoms with Gasteiger partial charge in [-0.1, -0.05) is 12.1 Å². The van der Waals surface area contributed by atoms with Crippen LogP contribution < -0.4 is 10.2 Å². The molecule has 124 valence electrons. The van der Waals surface area contributed by atoms with E-state index in [1.54, 1.807) is 0 Å². The summed E-state index contributed by atoms with van der Waals surface area (Å²) in [5, 5.41) is 17.3. The predicted molar refractivity (Wildman–Crippen MR) is 92.4 cm³/mol. The van der Waals surface area contributed by atoms with Gasteiger partial charge in [-0.2, -0.15) is 5.10 Å². The summed E-state index contributed by atoms with van der Waals surface area (Å²) in [6.07, 6.45) is 5.54. The van der Waals surface area contributed by atoms with E-state index in [-0.39, 0.29) is 6.10 Å². The molecule has 0 aliphatic carbocycles. The molecule has 5 nitrogen and oxygen atoms in total. The van der Waals surface area contributed by atoms with Gasteiger partial charge in [0.05, 0.1) is 12.3 Å². The molecule has 0 radical (unpaired) electrons. The van der Waals surface area contributed by atoms with Gasteiger partial charge in [0.1, 0.15) is 0 Å². The smallest absolute Gasteiger partial charge is 0.0574 e. The first-order chi connectivity index (χ1) is 11.1. The van der Waals surface area contributed by atoms with Crippen LogP contribution in [-0.2, 0) is 13.6 Å². The molecular weight excluding hydrogens is 288 g/mol. The van der Waals surface area contributed by atoms with Crippen molar-refractivity contribution in [2.45, 2.75) is 38.5 Å². The fraction of sp³-hybridized carbons (Fsp3) is 0.500. The van der Waals surface area contributed by atoms with E-state index in [4.69, 9.17) is 0 Å². The lowest BCUT2D eigenvalue weighted by Gasteiger charge is -2.31. The minimum Gasteiger partial charge on any atom is -0.393 e. The lowest BCUT2D eigenvalue weighted by molar-refractivity contribution is 0.145. The Balaban J connectivity index is 1.55. The Hall–Kier alpha value is -1.85. The van der Waals surface area contributed by atoms with Crippen molar-refractivity contribution in [1.82, 2.24) is 15.1 Å². The van der Waals surface area contributed by atoms with Gasteiger partial charge in [0.25, 0.3) is 0 Å². The number of nitrogens with one attached hydrogen (secondary N) is 1. The molecule has 0 saturated carbocycles. The van der Waals surface area contributed by atoms with Gasteiger partial charge in [-0.15, -0.1) is 0 Å². The highest BCUT2D eigenvalue weighted by Crippen LogP contribution is 2.22. The second-order valence-electron chi connectivity index (χ2n) is 6.43. The Bertz CT molecular complexity index is 614. The molecular formula is C18H26N4O.